The first-order valence-electron chi connectivity index (χ1n) is 8.59. The van der Waals surface area contributed by atoms with Crippen LogP contribution in [0.4, 0.5) is 20.2 Å². The molecule has 30 heavy (non-hydrogen) atoms. The van der Waals surface area contributed by atoms with Crippen LogP contribution in [0.15, 0.2) is 68.8 Å². The smallest absolute Gasteiger partial charge is 0.265 e. The van der Waals surface area contributed by atoms with Crippen LogP contribution in [0.2, 0.25) is 0 Å². The summed E-state index contributed by atoms with van der Waals surface area (Å²) in [6, 6.07) is 4.30. The maximum Gasteiger partial charge on any atom is 0.265 e. The maximum absolute atomic E-state index is 15.0. The Hall–Kier alpha value is -3.54. The molecular formula is C18H15F2N5O4S. The second-order valence-electron chi connectivity index (χ2n) is 6.28. The molecule has 0 radical (unpaired) electrons. The number of anilines is 2. The maximum atomic E-state index is 15.0. The van der Waals surface area contributed by atoms with Gasteiger partial charge in [0.2, 0.25) is 0 Å². The first kappa shape index (κ1) is 19.8. The van der Waals surface area contributed by atoms with E-state index in [-0.39, 0.29) is 11.4 Å². The standard InChI is InChI=1S/C18H15F2N5O4S/c1-28-12-6-11(7-21-8-12)16-9-25(24-22-16)18-14(19)2-3-15(17(18)20)23-30(26,27)13-4-5-29-10-13/h2-8,10,16,23H,9H2,1H3. The van der Waals surface area contributed by atoms with E-state index in [0.717, 1.165) is 23.4 Å². The van der Waals surface area contributed by atoms with Crippen LogP contribution >= 0.6 is 0 Å². The Morgan fingerprint density at radius 3 is 2.83 bits per heavy atom. The fourth-order valence-electron chi connectivity index (χ4n) is 2.86. The van der Waals surface area contributed by atoms with E-state index in [9.17, 15) is 12.8 Å². The van der Waals surface area contributed by atoms with Crippen LogP contribution in [-0.4, -0.2) is 27.1 Å². The Bertz CT molecular complexity index is 1200. The van der Waals surface area contributed by atoms with Crippen molar-refractivity contribution in [2.75, 3.05) is 23.4 Å². The average Bonchev–Trinajstić information content (AvgIpc) is 3.43. The SMILES string of the molecule is COc1cncc(C2CN(c3c(F)ccc(NS(=O)(=O)c4ccoc4)c3F)N=N2)c1. The van der Waals surface area contributed by atoms with Crippen molar-refractivity contribution in [3.8, 4) is 5.75 Å². The largest absolute Gasteiger partial charge is 0.495 e. The molecule has 12 heteroatoms. The normalized spacial score (nSPS) is 16.1. The first-order chi connectivity index (χ1) is 14.4. The summed E-state index contributed by atoms with van der Waals surface area (Å²) in [6.45, 7) is 0.0284. The van der Waals surface area contributed by atoms with Gasteiger partial charge < -0.3 is 9.15 Å². The van der Waals surface area contributed by atoms with E-state index >= 15 is 4.39 Å². The highest BCUT2D eigenvalue weighted by Crippen LogP contribution is 2.36. The highest BCUT2D eigenvalue weighted by atomic mass is 32.2. The van der Waals surface area contributed by atoms with Crippen molar-refractivity contribution < 1.29 is 26.4 Å². The van der Waals surface area contributed by atoms with Crippen molar-refractivity contribution in [1.82, 2.24) is 4.98 Å². The first-order valence-corrected chi connectivity index (χ1v) is 10.1. The number of ether oxygens (including phenoxy) is 1. The number of nitrogens with one attached hydrogen (secondary N) is 1. The average molecular weight is 435 g/mol. The molecule has 1 atom stereocenters. The van der Waals surface area contributed by atoms with E-state index < -0.39 is 39.1 Å². The minimum absolute atomic E-state index is 0.0284. The Morgan fingerprint density at radius 2 is 2.10 bits per heavy atom. The number of hydrogen-bond donors (Lipinski definition) is 1. The zero-order valence-electron chi connectivity index (χ0n) is 15.5. The molecule has 0 aliphatic carbocycles. The van der Waals surface area contributed by atoms with Crippen molar-refractivity contribution in [1.29, 1.82) is 0 Å². The van der Waals surface area contributed by atoms with Crippen molar-refractivity contribution in [2.24, 2.45) is 10.3 Å². The quantitative estimate of drug-likeness (QED) is 0.632. The third kappa shape index (κ3) is 3.68. The molecule has 9 nitrogen and oxygen atoms in total. The van der Waals surface area contributed by atoms with Crippen molar-refractivity contribution in [3.05, 3.63) is 66.4 Å². The lowest BCUT2D eigenvalue weighted by Crippen LogP contribution is -2.20. The summed E-state index contributed by atoms with van der Waals surface area (Å²) in [5, 5.41) is 8.92. The molecule has 156 valence electrons. The van der Waals surface area contributed by atoms with Crippen LogP contribution in [0, 0.1) is 11.6 Å². The molecule has 0 saturated heterocycles. The van der Waals surface area contributed by atoms with Crippen LogP contribution in [0.25, 0.3) is 0 Å². The highest BCUT2D eigenvalue weighted by Gasteiger charge is 2.29. The second kappa shape index (κ2) is 7.71. The summed E-state index contributed by atoms with van der Waals surface area (Å²) in [6.07, 6.45) is 5.23. The number of halogens is 2. The zero-order valence-corrected chi connectivity index (χ0v) is 16.3. The summed E-state index contributed by atoms with van der Waals surface area (Å²) in [4.78, 5) is 3.84. The molecule has 1 aromatic carbocycles. The molecule has 1 aliphatic heterocycles. The Kier molecular flexibility index (Phi) is 5.08. The number of rotatable bonds is 6. The monoisotopic (exact) mass is 435 g/mol. The lowest BCUT2D eigenvalue weighted by atomic mass is 10.1. The van der Waals surface area contributed by atoms with Gasteiger partial charge in [0, 0.05) is 11.8 Å². The second-order valence-corrected chi connectivity index (χ2v) is 7.97. The number of pyridine rings is 1. The van der Waals surface area contributed by atoms with Crippen LogP contribution in [0.3, 0.4) is 0 Å². The van der Waals surface area contributed by atoms with E-state index in [1.54, 1.807) is 12.3 Å². The van der Waals surface area contributed by atoms with Crippen LogP contribution < -0.4 is 14.5 Å². The van der Waals surface area contributed by atoms with Crippen LogP contribution in [0.1, 0.15) is 11.6 Å². The van der Waals surface area contributed by atoms with Gasteiger partial charge in [0.15, 0.2) is 11.6 Å². The van der Waals surface area contributed by atoms with Gasteiger partial charge in [-0.05, 0) is 24.3 Å². The number of aromatic nitrogens is 1. The van der Waals surface area contributed by atoms with Crippen LogP contribution in [-0.2, 0) is 10.0 Å². The lowest BCUT2D eigenvalue weighted by Gasteiger charge is -2.18. The molecule has 4 rings (SSSR count). The van der Waals surface area contributed by atoms with Gasteiger partial charge in [-0.15, -0.1) is 0 Å². The predicted molar refractivity (Wildman–Crippen MR) is 102 cm³/mol. The predicted octanol–water partition coefficient (Wildman–Crippen LogP) is 3.69. The summed E-state index contributed by atoms with van der Waals surface area (Å²) >= 11 is 0. The minimum atomic E-state index is -4.11. The molecule has 3 aromatic rings. The molecule has 3 heterocycles. The fraction of sp³-hybridized carbons (Fsp3) is 0.167. The molecule has 0 amide bonds. The molecule has 0 fully saturated rings. The molecule has 0 bridgehead atoms. The van der Waals surface area contributed by atoms with E-state index in [4.69, 9.17) is 9.15 Å². The Balaban J connectivity index is 1.61. The van der Waals surface area contributed by atoms with Gasteiger partial charge in [0.1, 0.15) is 28.6 Å². The summed E-state index contributed by atoms with van der Waals surface area (Å²) in [7, 11) is -2.62. The van der Waals surface area contributed by atoms with E-state index in [1.165, 1.54) is 25.6 Å². The van der Waals surface area contributed by atoms with Crippen molar-refractivity contribution in [2.45, 2.75) is 10.9 Å². The number of methoxy groups -OCH3 is 1. The van der Waals surface area contributed by atoms with E-state index in [1.807, 2.05) is 0 Å². The van der Waals surface area contributed by atoms with Gasteiger partial charge in [-0.1, -0.05) is 5.22 Å². The lowest BCUT2D eigenvalue weighted by molar-refractivity contribution is 0.412. The molecule has 1 N–H and O–H groups in total. The van der Waals surface area contributed by atoms with Gasteiger partial charge in [-0.3, -0.25) is 9.71 Å². The zero-order chi connectivity index (χ0) is 21.3. The molecule has 1 aliphatic rings. The number of furan rings is 1. The summed E-state index contributed by atoms with van der Waals surface area (Å²) in [5.41, 5.74) is -0.308. The number of hydrogen-bond acceptors (Lipinski definition) is 8. The molecule has 1 unspecified atom stereocenters. The number of nitrogens with zero attached hydrogens (tertiary/aromatic N) is 4. The van der Waals surface area contributed by atoms with Gasteiger partial charge in [0.25, 0.3) is 10.0 Å². The van der Waals surface area contributed by atoms with Crippen molar-refractivity contribution in [3.63, 3.8) is 0 Å². The Labute approximate surface area is 170 Å². The highest BCUT2D eigenvalue weighted by molar-refractivity contribution is 7.92. The van der Waals surface area contributed by atoms with E-state index in [2.05, 4.69) is 20.0 Å². The molecule has 0 spiro atoms. The third-order valence-electron chi connectivity index (χ3n) is 4.37. The van der Waals surface area contributed by atoms with Gasteiger partial charge in [-0.2, -0.15) is 5.11 Å². The number of sulfonamides is 1. The third-order valence-corrected chi connectivity index (χ3v) is 5.72. The molecule has 2 aromatic heterocycles. The van der Waals surface area contributed by atoms with Gasteiger partial charge in [0.05, 0.1) is 31.8 Å². The summed E-state index contributed by atoms with van der Waals surface area (Å²) < 4.78 is 66.1. The van der Waals surface area contributed by atoms with Gasteiger partial charge in [-0.25, -0.2) is 22.2 Å². The fourth-order valence-corrected chi connectivity index (χ4v) is 3.85. The minimum Gasteiger partial charge on any atom is -0.495 e. The Morgan fingerprint density at radius 1 is 1.27 bits per heavy atom. The van der Waals surface area contributed by atoms with Crippen LogP contribution in [0.5, 0.6) is 5.75 Å². The topological polar surface area (TPSA) is 109 Å². The number of benzene rings is 1. The van der Waals surface area contributed by atoms with Crippen molar-refractivity contribution >= 4 is 21.4 Å². The summed E-state index contributed by atoms with van der Waals surface area (Å²) in [5.74, 6) is -1.53. The molecule has 0 saturated carbocycles. The van der Waals surface area contributed by atoms with E-state index in [0.29, 0.717) is 11.3 Å². The van der Waals surface area contributed by atoms with Gasteiger partial charge >= 0.3 is 0 Å². The molecular weight excluding hydrogens is 420 g/mol.